The summed E-state index contributed by atoms with van der Waals surface area (Å²) in [7, 11) is 1.54. The van der Waals surface area contributed by atoms with Gasteiger partial charge in [0.1, 0.15) is 11.5 Å². The Morgan fingerprint density at radius 3 is 2.28 bits per heavy atom. The molecule has 5 nitrogen and oxygen atoms in total. The zero-order chi connectivity index (χ0) is 22.8. The van der Waals surface area contributed by atoms with Gasteiger partial charge in [0.2, 0.25) is 0 Å². The summed E-state index contributed by atoms with van der Waals surface area (Å²) in [6, 6.07) is 20.8. The second kappa shape index (κ2) is 9.01. The van der Waals surface area contributed by atoms with Gasteiger partial charge in [-0.05, 0) is 42.3 Å². The number of para-hydroxylation sites is 1. The molecule has 0 bridgehead atoms. The lowest BCUT2D eigenvalue weighted by molar-refractivity contribution is -0.132. The van der Waals surface area contributed by atoms with Gasteiger partial charge in [0.15, 0.2) is 0 Å². The van der Waals surface area contributed by atoms with Gasteiger partial charge in [-0.2, -0.15) is 0 Å². The molecule has 1 atom stereocenters. The molecule has 3 aromatic carbocycles. The van der Waals surface area contributed by atoms with Crippen molar-refractivity contribution in [3.8, 4) is 5.75 Å². The first-order valence-corrected chi connectivity index (χ1v) is 11.0. The summed E-state index contributed by atoms with van der Waals surface area (Å²) in [5.41, 5.74) is 2.80. The third-order valence-electron chi connectivity index (χ3n) is 5.62. The molecule has 0 aliphatic carbocycles. The topological polar surface area (TPSA) is 66.8 Å². The van der Waals surface area contributed by atoms with E-state index in [1.807, 2.05) is 43.3 Å². The zero-order valence-corrected chi connectivity index (χ0v) is 19.3. The Morgan fingerprint density at radius 2 is 1.66 bits per heavy atom. The Labute approximate surface area is 195 Å². The zero-order valence-electron chi connectivity index (χ0n) is 17.7. The minimum Gasteiger partial charge on any atom is -0.507 e. The first-order valence-electron chi connectivity index (χ1n) is 10.2. The van der Waals surface area contributed by atoms with Crippen LogP contribution < -0.4 is 9.64 Å². The van der Waals surface area contributed by atoms with Crippen molar-refractivity contribution in [2.45, 2.75) is 19.4 Å². The predicted octanol–water partition coefficient (Wildman–Crippen LogP) is 5.65. The van der Waals surface area contributed by atoms with E-state index < -0.39 is 17.7 Å². The number of benzene rings is 3. The molecule has 1 fully saturated rings. The maximum Gasteiger partial charge on any atom is 0.300 e. The van der Waals surface area contributed by atoms with Crippen LogP contribution in [0.3, 0.4) is 0 Å². The lowest BCUT2D eigenvalue weighted by Gasteiger charge is -2.26. The van der Waals surface area contributed by atoms with Crippen LogP contribution in [0.5, 0.6) is 5.75 Å². The van der Waals surface area contributed by atoms with Crippen LogP contribution in [0.25, 0.3) is 5.76 Å². The summed E-state index contributed by atoms with van der Waals surface area (Å²) in [5, 5.41) is 11.2. The van der Waals surface area contributed by atoms with E-state index in [0.29, 0.717) is 22.6 Å². The van der Waals surface area contributed by atoms with Crippen molar-refractivity contribution in [3.05, 3.63) is 99.5 Å². The molecule has 1 amide bonds. The number of ketones is 1. The third-order valence-corrected chi connectivity index (χ3v) is 6.15. The number of amides is 1. The molecule has 1 aliphatic rings. The maximum absolute atomic E-state index is 13.2. The largest absolute Gasteiger partial charge is 0.507 e. The van der Waals surface area contributed by atoms with Gasteiger partial charge in [-0.25, -0.2) is 0 Å². The van der Waals surface area contributed by atoms with E-state index in [9.17, 15) is 14.7 Å². The van der Waals surface area contributed by atoms with Crippen molar-refractivity contribution in [1.29, 1.82) is 0 Å². The van der Waals surface area contributed by atoms with Gasteiger partial charge in [0, 0.05) is 21.3 Å². The molecule has 1 heterocycles. The molecule has 1 N–H and O–H groups in total. The number of ether oxygens (including phenoxy) is 1. The molecular weight excluding hydrogens is 470 g/mol. The van der Waals surface area contributed by atoms with Crippen LogP contribution in [0.2, 0.25) is 0 Å². The number of rotatable bonds is 5. The number of aliphatic hydroxyl groups is 1. The van der Waals surface area contributed by atoms with Crippen molar-refractivity contribution < 1.29 is 19.4 Å². The van der Waals surface area contributed by atoms with Gasteiger partial charge in [-0.1, -0.05) is 65.3 Å². The minimum atomic E-state index is -0.831. The number of aryl methyl sites for hydroxylation is 1. The second-order valence-corrected chi connectivity index (χ2v) is 8.35. The van der Waals surface area contributed by atoms with Crippen LogP contribution in [0.15, 0.2) is 82.8 Å². The number of Topliss-reactive ketones (excluding diaryl/α,β-unsaturated/α-hetero) is 1. The van der Waals surface area contributed by atoms with Gasteiger partial charge in [-0.15, -0.1) is 0 Å². The number of aliphatic hydroxyl groups excluding tert-OH is 1. The number of nitrogens with zero attached hydrogens (tertiary/aromatic N) is 1. The molecule has 4 rings (SSSR count). The van der Waals surface area contributed by atoms with Crippen LogP contribution >= 0.6 is 15.9 Å². The lowest BCUT2D eigenvalue weighted by atomic mass is 9.94. The van der Waals surface area contributed by atoms with Gasteiger partial charge in [-0.3, -0.25) is 14.5 Å². The number of hydrogen-bond acceptors (Lipinski definition) is 4. The van der Waals surface area contributed by atoms with Gasteiger partial charge in [0.05, 0.1) is 18.7 Å². The van der Waals surface area contributed by atoms with E-state index in [0.717, 1.165) is 16.5 Å². The Kier molecular flexibility index (Phi) is 6.15. The number of hydrogen-bond donors (Lipinski definition) is 1. The molecule has 1 aliphatic heterocycles. The lowest BCUT2D eigenvalue weighted by Crippen LogP contribution is -2.29. The van der Waals surface area contributed by atoms with Crippen LogP contribution in [-0.4, -0.2) is 23.9 Å². The highest BCUT2D eigenvalue weighted by Crippen LogP contribution is 2.44. The highest BCUT2D eigenvalue weighted by Gasteiger charge is 2.47. The summed E-state index contributed by atoms with van der Waals surface area (Å²) in [4.78, 5) is 27.9. The van der Waals surface area contributed by atoms with E-state index in [-0.39, 0.29) is 11.3 Å². The average Bonchev–Trinajstić information content (AvgIpc) is 3.09. The van der Waals surface area contributed by atoms with E-state index in [2.05, 4.69) is 15.9 Å². The fourth-order valence-corrected chi connectivity index (χ4v) is 4.21. The molecule has 0 aromatic heterocycles. The van der Waals surface area contributed by atoms with Gasteiger partial charge < -0.3 is 9.84 Å². The van der Waals surface area contributed by atoms with Crippen molar-refractivity contribution in [1.82, 2.24) is 0 Å². The number of halogens is 1. The van der Waals surface area contributed by atoms with E-state index in [1.54, 1.807) is 36.4 Å². The van der Waals surface area contributed by atoms with Crippen molar-refractivity contribution in [3.63, 3.8) is 0 Å². The summed E-state index contributed by atoms with van der Waals surface area (Å²) < 4.78 is 6.38. The van der Waals surface area contributed by atoms with Crippen LogP contribution in [0.1, 0.15) is 29.7 Å². The molecule has 162 valence electrons. The molecular formula is C26H22BrNO4. The van der Waals surface area contributed by atoms with Crippen molar-refractivity contribution in [2.75, 3.05) is 12.0 Å². The number of anilines is 1. The van der Waals surface area contributed by atoms with Gasteiger partial charge in [0.25, 0.3) is 11.7 Å². The van der Waals surface area contributed by atoms with Gasteiger partial charge >= 0.3 is 0 Å². The Balaban J connectivity index is 1.95. The quantitative estimate of drug-likeness (QED) is 0.284. The third kappa shape index (κ3) is 3.82. The highest BCUT2D eigenvalue weighted by molar-refractivity contribution is 9.10. The summed E-state index contributed by atoms with van der Waals surface area (Å²) in [5.74, 6) is -1.12. The highest BCUT2D eigenvalue weighted by atomic mass is 79.9. The first kappa shape index (κ1) is 21.8. The number of carbonyl (C=O) groups excluding carboxylic acids is 2. The summed E-state index contributed by atoms with van der Waals surface area (Å²) >= 11 is 3.38. The monoisotopic (exact) mass is 491 g/mol. The number of carbonyl (C=O) groups is 2. The van der Waals surface area contributed by atoms with E-state index in [1.165, 1.54) is 12.0 Å². The predicted molar refractivity (Wildman–Crippen MR) is 128 cm³/mol. The Bertz CT molecular complexity index is 1200. The maximum atomic E-state index is 13.2. The van der Waals surface area contributed by atoms with Crippen LogP contribution in [-0.2, 0) is 16.0 Å². The molecule has 0 spiro atoms. The SMILES string of the molecule is CCc1ccc(N2C(=O)C(=O)/C(=C(\O)c3ccc(Br)cc3)C2c2ccccc2OC)cc1. The molecule has 6 heteroatoms. The molecule has 1 unspecified atom stereocenters. The normalized spacial score (nSPS) is 17.6. The molecule has 3 aromatic rings. The second-order valence-electron chi connectivity index (χ2n) is 7.44. The molecule has 0 saturated carbocycles. The minimum absolute atomic E-state index is 0.0291. The van der Waals surface area contributed by atoms with Crippen molar-refractivity contribution in [2.24, 2.45) is 0 Å². The molecule has 1 saturated heterocycles. The number of methoxy groups -OCH3 is 1. The first-order chi connectivity index (χ1) is 15.5. The Morgan fingerprint density at radius 1 is 1.00 bits per heavy atom. The summed E-state index contributed by atoms with van der Waals surface area (Å²) in [6.07, 6.45) is 0.860. The fourth-order valence-electron chi connectivity index (χ4n) is 3.94. The molecule has 32 heavy (non-hydrogen) atoms. The van der Waals surface area contributed by atoms with E-state index >= 15 is 0 Å². The van der Waals surface area contributed by atoms with Crippen molar-refractivity contribution >= 4 is 39.1 Å². The molecule has 0 radical (unpaired) electrons. The smallest absolute Gasteiger partial charge is 0.300 e. The standard InChI is InChI=1S/C26H22BrNO4/c1-3-16-8-14-19(15-9-16)28-23(20-6-4-5-7-21(20)32-2)22(25(30)26(28)31)24(29)17-10-12-18(27)13-11-17/h4-15,23,29H,3H2,1-2H3/b24-22-. The fraction of sp³-hybridized carbons (Fsp3) is 0.154. The average molecular weight is 492 g/mol. The van der Waals surface area contributed by atoms with Crippen LogP contribution in [0, 0.1) is 0 Å². The van der Waals surface area contributed by atoms with E-state index in [4.69, 9.17) is 4.74 Å². The Hall–Kier alpha value is -3.38. The summed E-state index contributed by atoms with van der Waals surface area (Å²) in [6.45, 7) is 2.05. The van der Waals surface area contributed by atoms with Crippen LogP contribution in [0.4, 0.5) is 5.69 Å².